The predicted molar refractivity (Wildman–Crippen MR) is 60.8 cm³/mol. The van der Waals surface area contributed by atoms with Crippen molar-refractivity contribution in [3.05, 3.63) is 29.6 Å². The van der Waals surface area contributed by atoms with E-state index < -0.39 is 5.82 Å². The smallest absolute Gasteiger partial charge is 0.241 e. The number of carbonyl (C=O) groups is 1. The summed E-state index contributed by atoms with van der Waals surface area (Å²) in [4.78, 5) is 11.7. The first-order valence-electron chi connectivity index (χ1n) is 5.44. The van der Waals surface area contributed by atoms with E-state index in [0.29, 0.717) is 5.69 Å². The van der Waals surface area contributed by atoms with Gasteiger partial charge in [-0.05, 0) is 37.6 Å². The molecule has 2 rings (SSSR count). The molecular weight excluding hydrogens is 221 g/mol. The van der Waals surface area contributed by atoms with Crippen molar-refractivity contribution in [3.63, 3.8) is 0 Å². The molecule has 0 aliphatic carbocycles. The van der Waals surface area contributed by atoms with Crippen LogP contribution >= 0.6 is 0 Å². The maximum absolute atomic E-state index is 13.1. The molecule has 0 bridgehead atoms. The molecule has 0 aromatic heterocycles. The zero-order valence-electron chi connectivity index (χ0n) is 9.16. The highest BCUT2D eigenvalue weighted by atomic mass is 19.1. The minimum atomic E-state index is -0.579. The molecule has 0 unspecified atom stereocenters. The number of anilines is 1. The molecule has 1 heterocycles. The monoisotopic (exact) mass is 233 g/mol. The second-order valence-electron chi connectivity index (χ2n) is 3.94. The van der Waals surface area contributed by atoms with Gasteiger partial charge in [0, 0.05) is 5.69 Å². The summed E-state index contributed by atoms with van der Waals surface area (Å²) in [6.45, 7) is 0.838. The first-order valence-corrected chi connectivity index (χ1v) is 5.44. The summed E-state index contributed by atoms with van der Waals surface area (Å²) >= 11 is 0. The molecule has 1 amide bonds. The summed E-state index contributed by atoms with van der Waals surface area (Å²) in [7, 11) is 0. The van der Waals surface area contributed by atoms with Crippen LogP contribution in [0.25, 0.3) is 0 Å². The van der Waals surface area contributed by atoms with Crippen molar-refractivity contribution in [3.8, 4) is 6.07 Å². The number of hydrogen-bond acceptors (Lipinski definition) is 3. The number of rotatable bonds is 2. The summed E-state index contributed by atoms with van der Waals surface area (Å²) in [6.07, 6.45) is 1.78. The Morgan fingerprint density at radius 3 is 3.06 bits per heavy atom. The average Bonchev–Trinajstić information content (AvgIpc) is 2.85. The van der Waals surface area contributed by atoms with E-state index in [-0.39, 0.29) is 17.5 Å². The molecule has 88 valence electrons. The lowest BCUT2D eigenvalue weighted by molar-refractivity contribution is -0.117. The fourth-order valence-electron chi connectivity index (χ4n) is 1.83. The highest BCUT2D eigenvalue weighted by molar-refractivity contribution is 5.95. The lowest BCUT2D eigenvalue weighted by Gasteiger charge is -2.11. The summed E-state index contributed by atoms with van der Waals surface area (Å²) in [5.74, 6) is -0.720. The van der Waals surface area contributed by atoms with Gasteiger partial charge in [0.15, 0.2) is 0 Å². The second kappa shape index (κ2) is 4.93. The fraction of sp³-hybridized carbons (Fsp3) is 0.333. The Labute approximate surface area is 98.4 Å². The van der Waals surface area contributed by atoms with Crippen molar-refractivity contribution in [2.75, 3.05) is 11.9 Å². The van der Waals surface area contributed by atoms with Crippen LogP contribution in [-0.2, 0) is 4.79 Å². The quantitative estimate of drug-likeness (QED) is 0.811. The van der Waals surface area contributed by atoms with Gasteiger partial charge in [0.05, 0.1) is 11.6 Å². The zero-order chi connectivity index (χ0) is 12.3. The minimum Gasteiger partial charge on any atom is -0.325 e. The number of hydrogen-bond donors (Lipinski definition) is 2. The highest BCUT2D eigenvalue weighted by Crippen LogP contribution is 2.15. The molecule has 4 nitrogen and oxygen atoms in total. The molecule has 0 saturated carbocycles. The van der Waals surface area contributed by atoms with E-state index in [9.17, 15) is 9.18 Å². The van der Waals surface area contributed by atoms with Crippen LogP contribution in [0.4, 0.5) is 10.1 Å². The van der Waals surface area contributed by atoms with Gasteiger partial charge in [0.2, 0.25) is 5.91 Å². The number of benzene rings is 1. The lowest BCUT2D eigenvalue weighted by Crippen LogP contribution is -2.35. The van der Waals surface area contributed by atoms with Gasteiger partial charge in [0.25, 0.3) is 0 Å². The molecule has 1 aromatic rings. The molecule has 1 saturated heterocycles. The number of nitriles is 1. The van der Waals surface area contributed by atoms with Gasteiger partial charge in [-0.3, -0.25) is 4.79 Å². The number of halogens is 1. The molecular formula is C12H12FN3O. The molecule has 17 heavy (non-hydrogen) atoms. The molecule has 1 aromatic carbocycles. The van der Waals surface area contributed by atoms with Gasteiger partial charge in [-0.25, -0.2) is 4.39 Å². The van der Waals surface area contributed by atoms with Crippen LogP contribution in [0.1, 0.15) is 18.4 Å². The Hall–Kier alpha value is -1.93. The zero-order valence-corrected chi connectivity index (χ0v) is 9.16. The lowest BCUT2D eigenvalue weighted by atomic mass is 10.2. The Kier molecular flexibility index (Phi) is 3.35. The molecule has 1 aliphatic rings. The Balaban J connectivity index is 2.08. The van der Waals surface area contributed by atoms with E-state index in [1.807, 2.05) is 0 Å². The predicted octanol–water partition coefficient (Wildman–Crippen LogP) is 1.39. The van der Waals surface area contributed by atoms with E-state index in [2.05, 4.69) is 10.6 Å². The van der Waals surface area contributed by atoms with Crippen LogP contribution in [0, 0.1) is 17.1 Å². The van der Waals surface area contributed by atoms with Crippen LogP contribution in [0.2, 0.25) is 0 Å². The van der Waals surface area contributed by atoms with E-state index in [0.717, 1.165) is 19.4 Å². The van der Waals surface area contributed by atoms with Crippen molar-refractivity contribution >= 4 is 11.6 Å². The third-order valence-electron chi connectivity index (χ3n) is 2.73. The van der Waals surface area contributed by atoms with Gasteiger partial charge >= 0.3 is 0 Å². The first-order chi connectivity index (χ1) is 8.20. The molecule has 1 atom stereocenters. The minimum absolute atomic E-state index is 0.0674. The second-order valence-corrected chi connectivity index (χ2v) is 3.94. The molecule has 0 spiro atoms. The standard InChI is InChI=1S/C12H12FN3O/c13-10-4-3-9(6-8(10)7-14)16-12(17)11-2-1-5-15-11/h3-4,6,11,15H,1-2,5H2,(H,16,17)/t11-/m0/s1. The number of amides is 1. The molecule has 1 fully saturated rings. The average molecular weight is 233 g/mol. The van der Waals surface area contributed by atoms with E-state index in [1.165, 1.54) is 18.2 Å². The van der Waals surface area contributed by atoms with Gasteiger partial charge in [-0.15, -0.1) is 0 Å². The SMILES string of the molecule is N#Cc1cc(NC(=O)[C@@H]2CCCN2)ccc1F. The van der Waals surface area contributed by atoms with Gasteiger partial charge in [-0.2, -0.15) is 5.26 Å². The van der Waals surface area contributed by atoms with Crippen LogP contribution in [-0.4, -0.2) is 18.5 Å². The van der Waals surface area contributed by atoms with Crippen molar-refractivity contribution < 1.29 is 9.18 Å². The third kappa shape index (κ3) is 2.60. The molecule has 5 heteroatoms. The van der Waals surface area contributed by atoms with Crippen LogP contribution in [0.15, 0.2) is 18.2 Å². The van der Waals surface area contributed by atoms with Gasteiger partial charge in [0.1, 0.15) is 11.9 Å². The maximum atomic E-state index is 13.1. The van der Waals surface area contributed by atoms with Crippen LogP contribution in [0.5, 0.6) is 0 Å². The summed E-state index contributed by atoms with van der Waals surface area (Å²) in [5.41, 5.74) is 0.379. The van der Waals surface area contributed by atoms with Crippen molar-refractivity contribution in [1.29, 1.82) is 5.26 Å². The molecule has 1 aliphatic heterocycles. The van der Waals surface area contributed by atoms with Gasteiger partial charge < -0.3 is 10.6 Å². The highest BCUT2D eigenvalue weighted by Gasteiger charge is 2.21. The van der Waals surface area contributed by atoms with E-state index in [1.54, 1.807) is 6.07 Å². The first kappa shape index (κ1) is 11.6. The van der Waals surface area contributed by atoms with Crippen molar-refractivity contribution in [1.82, 2.24) is 5.32 Å². The van der Waals surface area contributed by atoms with Gasteiger partial charge in [-0.1, -0.05) is 0 Å². The number of carbonyl (C=O) groups excluding carboxylic acids is 1. The normalized spacial score (nSPS) is 18.7. The van der Waals surface area contributed by atoms with Crippen molar-refractivity contribution in [2.45, 2.75) is 18.9 Å². The Morgan fingerprint density at radius 1 is 1.59 bits per heavy atom. The Bertz CT molecular complexity index is 475. The Morgan fingerprint density at radius 2 is 2.41 bits per heavy atom. The summed E-state index contributed by atoms with van der Waals surface area (Å²) < 4.78 is 13.1. The molecule has 0 radical (unpaired) electrons. The topological polar surface area (TPSA) is 64.9 Å². The molecule has 2 N–H and O–H groups in total. The van der Waals surface area contributed by atoms with Crippen LogP contribution in [0.3, 0.4) is 0 Å². The van der Waals surface area contributed by atoms with Crippen molar-refractivity contribution in [2.24, 2.45) is 0 Å². The summed E-state index contributed by atoms with van der Waals surface area (Å²) in [6, 6.07) is 5.51. The van der Waals surface area contributed by atoms with E-state index >= 15 is 0 Å². The van der Waals surface area contributed by atoms with Crippen LogP contribution < -0.4 is 10.6 Å². The number of nitrogens with zero attached hydrogens (tertiary/aromatic N) is 1. The maximum Gasteiger partial charge on any atom is 0.241 e. The largest absolute Gasteiger partial charge is 0.325 e. The van der Waals surface area contributed by atoms with E-state index in [4.69, 9.17) is 5.26 Å². The summed E-state index contributed by atoms with van der Waals surface area (Å²) in [5, 5.41) is 14.4. The third-order valence-corrected chi connectivity index (χ3v) is 2.73. The fourth-order valence-corrected chi connectivity index (χ4v) is 1.83. The number of nitrogens with one attached hydrogen (secondary N) is 2.